The average molecular weight is 396 g/mol. The molecule has 1 aliphatic rings. The number of rotatable bonds is 5. The molecule has 0 saturated carbocycles. The van der Waals surface area contributed by atoms with E-state index in [1.807, 2.05) is 60.8 Å². The number of benzene rings is 2. The van der Waals surface area contributed by atoms with Gasteiger partial charge >= 0.3 is 0 Å². The van der Waals surface area contributed by atoms with E-state index in [0.29, 0.717) is 4.91 Å². The van der Waals surface area contributed by atoms with Crippen molar-refractivity contribution < 1.29 is 14.3 Å². The van der Waals surface area contributed by atoms with Crippen LogP contribution in [-0.2, 0) is 4.79 Å². The van der Waals surface area contributed by atoms with E-state index in [0.717, 1.165) is 38.7 Å². The summed E-state index contributed by atoms with van der Waals surface area (Å²) in [6.07, 6.45) is 1.80. The van der Waals surface area contributed by atoms with E-state index in [1.165, 1.54) is 4.90 Å². The van der Waals surface area contributed by atoms with Gasteiger partial charge in [0.2, 0.25) is 0 Å². The lowest BCUT2D eigenvalue weighted by atomic mass is 10.1. The van der Waals surface area contributed by atoms with Gasteiger partial charge in [-0.3, -0.25) is 14.5 Å². The van der Waals surface area contributed by atoms with Crippen LogP contribution in [0.25, 0.3) is 16.8 Å². The topological polar surface area (TPSA) is 46.6 Å². The van der Waals surface area contributed by atoms with Crippen molar-refractivity contribution in [2.45, 2.75) is 6.92 Å². The number of carbonyl (C=O) groups is 2. The van der Waals surface area contributed by atoms with Crippen molar-refractivity contribution in [1.29, 1.82) is 0 Å². The highest BCUT2D eigenvalue weighted by atomic mass is 32.2. The van der Waals surface area contributed by atoms with Gasteiger partial charge in [-0.05, 0) is 53.2 Å². The standard InChI is InChI=1S/C21H17NO3S2/c1-14-9-12-26-18(14)13-19-20(23)22(21(24)27-19)10-11-25-17-8-4-6-15-5-2-3-7-16(15)17/h2-9,12-13H,10-11H2,1H3/b19-13-. The first kappa shape index (κ1) is 17.8. The number of hydrogen-bond donors (Lipinski definition) is 0. The predicted octanol–water partition coefficient (Wildman–Crippen LogP) is 5.33. The SMILES string of the molecule is Cc1ccsc1/C=C1\SC(=O)N(CCOc2cccc3ccccc23)C1=O. The van der Waals surface area contributed by atoms with Gasteiger partial charge in [0, 0.05) is 10.3 Å². The maximum absolute atomic E-state index is 12.6. The molecule has 0 atom stereocenters. The predicted molar refractivity (Wildman–Crippen MR) is 111 cm³/mol. The van der Waals surface area contributed by atoms with Crippen LogP contribution in [0.15, 0.2) is 58.8 Å². The molecule has 6 heteroatoms. The van der Waals surface area contributed by atoms with Gasteiger partial charge < -0.3 is 4.74 Å². The Bertz CT molecular complexity index is 1050. The number of fused-ring (bicyclic) bond motifs is 1. The molecule has 3 aromatic rings. The Kier molecular flexibility index (Phi) is 5.01. The fraction of sp³-hybridized carbons (Fsp3) is 0.143. The second kappa shape index (κ2) is 7.58. The molecular weight excluding hydrogens is 378 g/mol. The molecule has 136 valence electrons. The molecule has 0 radical (unpaired) electrons. The van der Waals surface area contributed by atoms with Crippen molar-refractivity contribution in [1.82, 2.24) is 4.90 Å². The van der Waals surface area contributed by atoms with E-state index < -0.39 is 0 Å². The van der Waals surface area contributed by atoms with Crippen LogP contribution in [-0.4, -0.2) is 29.2 Å². The van der Waals surface area contributed by atoms with Crippen LogP contribution in [0.3, 0.4) is 0 Å². The quantitative estimate of drug-likeness (QED) is 0.548. The molecule has 1 aromatic heterocycles. The van der Waals surface area contributed by atoms with Crippen LogP contribution in [0.1, 0.15) is 10.4 Å². The summed E-state index contributed by atoms with van der Waals surface area (Å²) in [5.74, 6) is 0.504. The third kappa shape index (κ3) is 3.63. The normalized spacial score (nSPS) is 15.9. The average Bonchev–Trinajstić information content (AvgIpc) is 3.19. The number of hydrogen-bond acceptors (Lipinski definition) is 5. The van der Waals surface area contributed by atoms with Gasteiger partial charge in [-0.25, -0.2) is 0 Å². The number of amides is 2. The highest BCUT2D eigenvalue weighted by Gasteiger charge is 2.35. The Hall–Kier alpha value is -2.57. The van der Waals surface area contributed by atoms with Gasteiger partial charge in [0.15, 0.2) is 0 Å². The molecule has 1 fully saturated rings. The summed E-state index contributed by atoms with van der Waals surface area (Å²) in [6.45, 7) is 2.48. The zero-order valence-electron chi connectivity index (χ0n) is 14.7. The third-order valence-electron chi connectivity index (χ3n) is 4.36. The first-order chi connectivity index (χ1) is 13.1. The van der Waals surface area contributed by atoms with Crippen LogP contribution in [0.2, 0.25) is 0 Å². The maximum Gasteiger partial charge on any atom is 0.293 e. The lowest BCUT2D eigenvalue weighted by Crippen LogP contribution is -2.32. The summed E-state index contributed by atoms with van der Waals surface area (Å²) in [5, 5.41) is 3.84. The van der Waals surface area contributed by atoms with Crippen molar-refractivity contribution in [2.24, 2.45) is 0 Å². The number of thioether (sulfide) groups is 1. The lowest BCUT2D eigenvalue weighted by molar-refractivity contribution is -0.123. The molecule has 1 aliphatic heterocycles. The van der Waals surface area contributed by atoms with E-state index in [1.54, 1.807) is 17.4 Å². The van der Waals surface area contributed by atoms with E-state index in [-0.39, 0.29) is 24.3 Å². The Morgan fingerprint density at radius 1 is 1.07 bits per heavy atom. The molecular formula is C21H17NO3S2. The van der Waals surface area contributed by atoms with Crippen LogP contribution in [0.5, 0.6) is 5.75 Å². The number of nitrogens with zero attached hydrogens (tertiary/aromatic N) is 1. The van der Waals surface area contributed by atoms with Crippen molar-refractivity contribution >= 4 is 51.1 Å². The molecule has 2 aromatic carbocycles. The Morgan fingerprint density at radius 3 is 2.70 bits per heavy atom. The van der Waals surface area contributed by atoms with Crippen LogP contribution < -0.4 is 4.74 Å². The van der Waals surface area contributed by atoms with Crippen molar-refractivity contribution in [3.05, 3.63) is 69.3 Å². The highest BCUT2D eigenvalue weighted by molar-refractivity contribution is 8.18. The number of ether oxygens (including phenoxy) is 1. The minimum absolute atomic E-state index is 0.231. The molecule has 0 unspecified atom stereocenters. The van der Waals surface area contributed by atoms with Crippen LogP contribution in [0.4, 0.5) is 4.79 Å². The second-order valence-electron chi connectivity index (χ2n) is 6.13. The molecule has 2 amide bonds. The van der Waals surface area contributed by atoms with E-state index >= 15 is 0 Å². The van der Waals surface area contributed by atoms with Gasteiger partial charge in [-0.1, -0.05) is 36.4 Å². The van der Waals surface area contributed by atoms with Gasteiger partial charge in [-0.15, -0.1) is 11.3 Å². The first-order valence-corrected chi connectivity index (χ1v) is 10.2. The minimum atomic E-state index is -0.251. The van der Waals surface area contributed by atoms with Gasteiger partial charge in [0.05, 0.1) is 11.4 Å². The monoisotopic (exact) mass is 395 g/mol. The molecule has 0 bridgehead atoms. The van der Waals surface area contributed by atoms with E-state index in [4.69, 9.17) is 4.74 Å². The van der Waals surface area contributed by atoms with Crippen LogP contribution in [0, 0.1) is 6.92 Å². The van der Waals surface area contributed by atoms with Crippen molar-refractivity contribution in [3.63, 3.8) is 0 Å². The van der Waals surface area contributed by atoms with Gasteiger partial charge in [0.1, 0.15) is 12.4 Å². The number of aryl methyl sites for hydroxylation is 1. The second-order valence-corrected chi connectivity index (χ2v) is 8.07. The summed E-state index contributed by atoms with van der Waals surface area (Å²) in [7, 11) is 0. The molecule has 2 heterocycles. The van der Waals surface area contributed by atoms with E-state index in [9.17, 15) is 9.59 Å². The Labute approximate surface area is 165 Å². The number of thiophene rings is 1. The van der Waals surface area contributed by atoms with Gasteiger partial charge in [-0.2, -0.15) is 0 Å². The summed E-state index contributed by atoms with van der Waals surface area (Å²) in [6, 6.07) is 15.8. The smallest absolute Gasteiger partial charge is 0.293 e. The molecule has 27 heavy (non-hydrogen) atoms. The maximum atomic E-state index is 12.6. The fourth-order valence-corrected chi connectivity index (χ4v) is 4.69. The van der Waals surface area contributed by atoms with Crippen LogP contribution >= 0.6 is 23.1 Å². The van der Waals surface area contributed by atoms with E-state index in [2.05, 4.69) is 0 Å². The van der Waals surface area contributed by atoms with Gasteiger partial charge in [0.25, 0.3) is 11.1 Å². The molecule has 4 nitrogen and oxygen atoms in total. The molecule has 0 spiro atoms. The zero-order valence-corrected chi connectivity index (χ0v) is 16.3. The third-order valence-corrected chi connectivity index (χ3v) is 6.23. The molecule has 0 N–H and O–H groups in total. The largest absolute Gasteiger partial charge is 0.491 e. The Morgan fingerprint density at radius 2 is 1.89 bits per heavy atom. The number of imide groups is 1. The summed E-state index contributed by atoms with van der Waals surface area (Å²) < 4.78 is 5.87. The minimum Gasteiger partial charge on any atom is -0.491 e. The van der Waals surface area contributed by atoms with Crippen molar-refractivity contribution in [3.8, 4) is 5.75 Å². The zero-order chi connectivity index (χ0) is 18.8. The first-order valence-electron chi connectivity index (χ1n) is 8.53. The summed E-state index contributed by atoms with van der Waals surface area (Å²) in [4.78, 5) is 27.5. The lowest BCUT2D eigenvalue weighted by Gasteiger charge is -2.14. The number of carbonyl (C=O) groups excluding carboxylic acids is 2. The summed E-state index contributed by atoms with van der Waals surface area (Å²) >= 11 is 2.55. The summed E-state index contributed by atoms with van der Waals surface area (Å²) in [5.41, 5.74) is 1.10. The molecule has 0 aliphatic carbocycles. The molecule has 1 saturated heterocycles. The molecule has 4 rings (SSSR count). The fourth-order valence-electron chi connectivity index (χ4n) is 2.91. The highest BCUT2D eigenvalue weighted by Crippen LogP contribution is 2.33. The van der Waals surface area contributed by atoms with Crippen molar-refractivity contribution in [2.75, 3.05) is 13.2 Å². The Balaban J connectivity index is 1.44.